The molecule has 6 heteroatoms. The van der Waals surface area contributed by atoms with Crippen molar-refractivity contribution in [3.8, 4) is 0 Å². The zero-order valence-corrected chi connectivity index (χ0v) is 10.3. The predicted octanol–water partition coefficient (Wildman–Crippen LogP) is 3.41. The Kier molecular flexibility index (Phi) is 5.01. The standard InChI is InChI=1S/C4H11BrNOPS2/c1-4(2)6(10-5)8(3,7)9/h4H,1-3H3,(H,7,9). The highest BCUT2D eigenvalue weighted by molar-refractivity contribution is 9.50. The average molecular weight is 264 g/mol. The molecule has 0 rings (SSSR count). The van der Waals surface area contributed by atoms with Gasteiger partial charge in [-0.2, -0.15) is 4.08 Å². The number of rotatable bonds is 3. The molecule has 0 aromatic heterocycles. The van der Waals surface area contributed by atoms with E-state index < -0.39 is 6.49 Å². The molecule has 0 aromatic carbocycles. The summed E-state index contributed by atoms with van der Waals surface area (Å²) in [6.07, 6.45) is 0. The largest absolute Gasteiger partial charge is 0.294 e. The Morgan fingerprint density at radius 3 is 2.10 bits per heavy atom. The minimum Gasteiger partial charge on any atom is -0.294 e. The van der Waals surface area contributed by atoms with Crippen LogP contribution in [0.5, 0.6) is 0 Å². The Morgan fingerprint density at radius 2 is 2.10 bits per heavy atom. The van der Waals surface area contributed by atoms with Crippen LogP contribution in [-0.4, -0.2) is 16.8 Å². The molecule has 62 valence electrons. The molecule has 0 aromatic rings. The summed E-state index contributed by atoms with van der Waals surface area (Å²) < 4.78 is 13.1. The van der Waals surface area contributed by atoms with Gasteiger partial charge >= 0.3 is 0 Å². The lowest BCUT2D eigenvalue weighted by Crippen LogP contribution is -2.16. The molecule has 10 heavy (non-hydrogen) atoms. The summed E-state index contributed by atoms with van der Waals surface area (Å²) in [5, 5.41) is 0. The van der Waals surface area contributed by atoms with Gasteiger partial charge in [-0.05, 0) is 13.8 Å². The molecule has 0 amide bonds. The normalized spacial score (nSPS) is 17.9. The molecule has 0 aliphatic rings. The van der Waals surface area contributed by atoms with Crippen molar-refractivity contribution in [3.05, 3.63) is 0 Å². The van der Waals surface area contributed by atoms with Crippen molar-refractivity contribution < 1.29 is 4.57 Å². The van der Waals surface area contributed by atoms with Crippen LogP contribution in [0.25, 0.3) is 0 Å². The van der Waals surface area contributed by atoms with Crippen molar-refractivity contribution in [1.29, 1.82) is 0 Å². The Morgan fingerprint density at radius 1 is 1.70 bits per heavy atom. The van der Waals surface area contributed by atoms with Crippen LogP contribution in [-0.2, 0) is 4.57 Å². The van der Waals surface area contributed by atoms with E-state index in [4.69, 9.17) is 0 Å². The predicted molar refractivity (Wildman–Crippen MR) is 56.0 cm³/mol. The highest BCUT2D eigenvalue weighted by atomic mass is 79.9. The van der Waals surface area contributed by atoms with Crippen LogP contribution >= 0.6 is 43.9 Å². The van der Waals surface area contributed by atoms with Gasteiger partial charge < -0.3 is 0 Å². The smallest absolute Gasteiger partial charge is 0.207 e. The quantitative estimate of drug-likeness (QED) is 0.479. The molecule has 0 bridgehead atoms. The molecule has 0 saturated carbocycles. The first-order valence-electron chi connectivity index (χ1n) is 2.78. The van der Waals surface area contributed by atoms with E-state index in [1.807, 2.05) is 13.8 Å². The molecular formula is C4H11BrNOPS2. The van der Waals surface area contributed by atoms with E-state index >= 15 is 0 Å². The van der Waals surface area contributed by atoms with Crippen molar-refractivity contribution in [2.24, 2.45) is 0 Å². The van der Waals surface area contributed by atoms with Gasteiger partial charge in [0.25, 0.3) is 0 Å². The van der Waals surface area contributed by atoms with Crippen molar-refractivity contribution in [2.75, 3.05) is 6.66 Å². The van der Waals surface area contributed by atoms with Crippen molar-refractivity contribution in [2.45, 2.75) is 19.9 Å². The van der Waals surface area contributed by atoms with Crippen LogP contribution in [0.2, 0.25) is 0 Å². The molecule has 0 heterocycles. The van der Waals surface area contributed by atoms with E-state index in [2.05, 4.69) is 27.1 Å². The van der Waals surface area contributed by atoms with Crippen LogP contribution in [0.3, 0.4) is 0 Å². The van der Waals surface area contributed by atoms with Crippen LogP contribution in [0.1, 0.15) is 13.8 Å². The lowest BCUT2D eigenvalue weighted by molar-refractivity contribution is 0.518. The second-order valence-corrected chi connectivity index (χ2v) is 8.30. The maximum absolute atomic E-state index is 11.3. The molecule has 0 saturated heterocycles. The first kappa shape index (κ1) is 11.4. The highest BCUT2D eigenvalue weighted by Gasteiger charge is 2.23. The van der Waals surface area contributed by atoms with E-state index in [9.17, 15) is 4.57 Å². The van der Waals surface area contributed by atoms with Crippen molar-refractivity contribution >= 4 is 43.9 Å². The summed E-state index contributed by atoms with van der Waals surface area (Å²) in [4.78, 5) is 0. The molecule has 0 spiro atoms. The van der Waals surface area contributed by atoms with Gasteiger partial charge in [-0.1, -0.05) is 12.2 Å². The Balaban J connectivity index is 4.22. The third-order valence-corrected chi connectivity index (χ3v) is 6.36. The molecule has 1 atom stereocenters. The minimum absolute atomic E-state index is 0.234. The first-order chi connectivity index (χ1) is 4.39. The molecule has 0 radical (unpaired) electrons. The van der Waals surface area contributed by atoms with E-state index in [1.165, 1.54) is 10.4 Å². The van der Waals surface area contributed by atoms with Gasteiger partial charge in [0.15, 0.2) is 0 Å². The zero-order valence-electron chi connectivity index (χ0n) is 6.11. The van der Waals surface area contributed by atoms with Crippen LogP contribution in [0, 0.1) is 0 Å². The Bertz CT molecular complexity index is 148. The number of hydrogen-bond acceptors (Lipinski definition) is 2. The van der Waals surface area contributed by atoms with Gasteiger partial charge in [-0.25, -0.2) is 0 Å². The van der Waals surface area contributed by atoms with E-state index in [0.29, 0.717) is 0 Å². The molecule has 2 nitrogen and oxygen atoms in total. The SMILES string of the molecule is CC(C)N(SBr)P(C)(=O)S. The number of thiol groups is 1. The maximum Gasteiger partial charge on any atom is 0.207 e. The van der Waals surface area contributed by atoms with E-state index in [-0.39, 0.29) is 6.04 Å². The van der Waals surface area contributed by atoms with Gasteiger partial charge in [-0.15, -0.1) is 0 Å². The molecule has 1 unspecified atom stereocenters. The van der Waals surface area contributed by atoms with Crippen molar-refractivity contribution in [3.63, 3.8) is 0 Å². The Hall–Kier alpha value is 1.37. The fraction of sp³-hybridized carbons (Fsp3) is 1.00. The highest BCUT2D eigenvalue weighted by Crippen LogP contribution is 2.56. The third-order valence-electron chi connectivity index (χ3n) is 0.878. The van der Waals surface area contributed by atoms with E-state index in [1.54, 1.807) is 10.7 Å². The molecule has 0 fully saturated rings. The molecule has 0 aliphatic carbocycles. The number of hydrogen-bond donors (Lipinski definition) is 1. The first-order valence-corrected chi connectivity index (χ1v) is 8.66. The fourth-order valence-electron chi connectivity index (χ4n) is 0.565. The number of halogens is 1. The summed E-state index contributed by atoms with van der Waals surface area (Å²) in [6, 6.07) is 0.234. The lowest BCUT2D eigenvalue weighted by Gasteiger charge is -2.24. The number of nitrogens with zero attached hydrogens (tertiary/aromatic N) is 1. The van der Waals surface area contributed by atoms with Crippen LogP contribution in [0.15, 0.2) is 0 Å². The van der Waals surface area contributed by atoms with Crippen molar-refractivity contribution in [1.82, 2.24) is 4.08 Å². The lowest BCUT2D eigenvalue weighted by atomic mass is 10.4. The fourth-order valence-corrected chi connectivity index (χ4v) is 7.12. The van der Waals surface area contributed by atoms with E-state index in [0.717, 1.165) is 0 Å². The molecule has 0 aliphatic heterocycles. The molecular weight excluding hydrogens is 253 g/mol. The van der Waals surface area contributed by atoms with Gasteiger partial charge in [0.1, 0.15) is 0 Å². The Labute approximate surface area is 79.0 Å². The van der Waals surface area contributed by atoms with Gasteiger partial charge in [0.05, 0.1) is 0 Å². The second kappa shape index (κ2) is 4.41. The molecule has 0 N–H and O–H groups in total. The third kappa shape index (κ3) is 3.67. The van der Waals surface area contributed by atoms with Crippen LogP contribution in [0.4, 0.5) is 0 Å². The van der Waals surface area contributed by atoms with Gasteiger partial charge in [-0.3, -0.25) is 4.57 Å². The van der Waals surface area contributed by atoms with Gasteiger partial charge in [0, 0.05) is 37.9 Å². The maximum atomic E-state index is 11.3. The summed E-state index contributed by atoms with van der Waals surface area (Å²) in [6.45, 7) is 3.19. The average Bonchev–Trinajstić information content (AvgIpc) is 1.60. The minimum atomic E-state index is -2.39. The summed E-state index contributed by atoms with van der Waals surface area (Å²) >= 11 is 7.17. The summed E-state index contributed by atoms with van der Waals surface area (Å²) in [5.41, 5.74) is 0. The van der Waals surface area contributed by atoms with Gasteiger partial charge in [0.2, 0.25) is 6.49 Å². The second-order valence-electron chi connectivity index (χ2n) is 2.30. The zero-order chi connectivity index (χ0) is 8.36. The monoisotopic (exact) mass is 263 g/mol. The topological polar surface area (TPSA) is 20.3 Å². The van der Waals surface area contributed by atoms with Crippen LogP contribution < -0.4 is 0 Å². The summed E-state index contributed by atoms with van der Waals surface area (Å²) in [7, 11) is 1.29. The summed E-state index contributed by atoms with van der Waals surface area (Å²) in [5.74, 6) is 0.